The van der Waals surface area contributed by atoms with Crippen LogP contribution < -0.4 is 9.64 Å². The van der Waals surface area contributed by atoms with E-state index < -0.39 is 23.5 Å². The summed E-state index contributed by atoms with van der Waals surface area (Å²) in [5, 5.41) is 17.1. The van der Waals surface area contributed by atoms with Crippen molar-refractivity contribution >= 4 is 39.8 Å². The largest absolute Gasteiger partial charge is 0.503 e. The van der Waals surface area contributed by atoms with Gasteiger partial charge in [-0.3, -0.25) is 14.5 Å². The van der Waals surface area contributed by atoms with Crippen molar-refractivity contribution in [3.8, 4) is 5.75 Å². The van der Waals surface area contributed by atoms with Gasteiger partial charge in [0.05, 0.1) is 12.7 Å². The molecule has 4 aromatic rings. The van der Waals surface area contributed by atoms with Crippen LogP contribution in [0.5, 0.6) is 5.75 Å². The molecule has 1 atom stereocenters. The number of hydrogen-bond donors (Lipinski definition) is 1. The van der Waals surface area contributed by atoms with E-state index in [1.54, 1.807) is 49.4 Å². The summed E-state index contributed by atoms with van der Waals surface area (Å²) < 4.78 is 16.2. The summed E-state index contributed by atoms with van der Waals surface area (Å²) in [7, 11) is 1.51. The number of carbonyl (C=O) groups excluding carboxylic acids is 2. The SMILES string of the molecule is COc1cccc2cc(C(=O)C3=C(O)C(=O)N(c4cc(C)on4)[C@H]3c3cccs3)oc12. The number of hydrogen-bond acceptors (Lipinski definition) is 8. The van der Waals surface area contributed by atoms with Crippen LogP contribution in [0.2, 0.25) is 0 Å². The number of rotatable bonds is 5. The summed E-state index contributed by atoms with van der Waals surface area (Å²) in [6.07, 6.45) is 0. The number of ketones is 1. The lowest BCUT2D eigenvalue weighted by Gasteiger charge is -2.22. The maximum atomic E-state index is 13.5. The number of para-hydroxylation sites is 1. The Labute approximate surface area is 179 Å². The summed E-state index contributed by atoms with van der Waals surface area (Å²) in [6.45, 7) is 1.69. The molecule has 0 spiro atoms. The highest BCUT2D eigenvalue weighted by Crippen LogP contribution is 2.43. The van der Waals surface area contributed by atoms with Crippen LogP contribution in [0, 0.1) is 6.92 Å². The first-order valence-electron chi connectivity index (χ1n) is 9.34. The van der Waals surface area contributed by atoms with Crippen LogP contribution in [0.15, 0.2) is 68.1 Å². The zero-order valence-electron chi connectivity index (χ0n) is 16.5. The number of ether oxygens (including phenoxy) is 1. The number of aromatic nitrogens is 1. The van der Waals surface area contributed by atoms with E-state index in [1.807, 2.05) is 5.38 Å². The van der Waals surface area contributed by atoms with Crippen LogP contribution in [0.1, 0.15) is 27.2 Å². The number of anilines is 1. The number of aryl methyl sites for hydroxylation is 1. The number of Topliss-reactive ketones (excluding diaryl/α,β-unsaturated/α-hetero) is 1. The van der Waals surface area contributed by atoms with Crippen LogP contribution in [0.3, 0.4) is 0 Å². The van der Waals surface area contributed by atoms with Gasteiger partial charge in [0.1, 0.15) is 11.8 Å². The Hall–Kier alpha value is -3.85. The van der Waals surface area contributed by atoms with E-state index in [-0.39, 0.29) is 17.2 Å². The molecule has 4 heterocycles. The Kier molecular flexibility index (Phi) is 4.40. The molecular formula is C22H16N2O6S. The monoisotopic (exact) mass is 436 g/mol. The molecule has 5 rings (SSSR count). The summed E-state index contributed by atoms with van der Waals surface area (Å²) in [5.74, 6) is -0.788. The molecule has 1 aliphatic heterocycles. The molecule has 8 nitrogen and oxygen atoms in total. The summed E-state index contributed by atoms with van der Waals surface area (Å²) in [5.41, 5.74) is 0.334. The van der Waals surface area contributed by atoms with Crippen molar-refractivity contribution in [2.24, 2.45) is 0 Å². The quantitative estimate of drug-likeness (QED) is 0.456. The molecule has 31 heavy (non-hydrogen) atoms. The third kappa shape index (κ3) is 2.93. The molecule has 1 N–H and O–H groups in total. The van der Waals surface area contributed by atoms with Crippen molar-refractivity contribution in [2.75, 3.05) is 12.0 Å². The molecule has 0 radical (unpaired) electrons. The molecule has 0 saturated carbocycles. The number of nitrogens with zero attached hydrogens (tertiary/aromatic N) is 2. The number of fused-ring (bicyclic) bond motifs is 1. The molecule has 0 aliphatic carbocycles. The van der Waals surface area contributed by atoms with Gasteiger partial charge in [0.2, 0.25) is 5.78 Å². The molecular weight excluding hydrogens is 420 g/mol. The number of methoxy groups -OCH3 is 1. The van der Waals surface area contributed by atoms with Gasteiger partial charge in [0, 0.05) is 16.3 Å². The maximum Gasteiger partial charge on any atom is 0.295 e. The Bertz CT molecular complexity index is 1350. The van der Waals surface area contributed by atoms with E-state index in [1.165, 1.54) is 23.3 Å². The van der Waals surface area contributed by atoms with Crippen molar-refractivity contribution < 1.29 is 28.4 Å². The van der Waals surface area contributed by atoms with Crippen molar-refractivity contribution in [1.82, 2.24) is 5.16 Å². The fraction of sp³-hybridized carbons (Fsp3) is 0.136. The van der Waals surface area contributed by atoms with Crippen LogP contribution in [0.4, 0.5) is 5.82 Å². The van der Waals surface area contributed by atoms with Crippen LogP contribution >= 0.6 is 11.3 Å². The minimum Gasteiger partial charge on any atom is -0.503 e. The molecule has 1 aromatic carbocycles. The van der Waals surface area contributed by atoms with E-state index in [0.717, 1.165) is 0 Å². The smallest absolute Gasteiger partial charge is 0.295 e. The van der Waals surface area contributed by atoms with Gasteiger partial charge in [-0.25, -0.2) is 0 Å². The first-order chi connectivity index (χ1) is 15.0. The summed E-state index contributed by atoms with van der Waals surface area (Å²) >= 11 is 1.36. The first-order valence-corrected chi connectivity index (χ1v) is 10.2. The Morgan fingerprint density at radius 3 is 2.77 bits per heavy atom. The fourth-order valence-corrected chi connectivity index (χ4v) is 4.52. The topological polar surface area (TPSA) is 106 Å². The molecule has 0 saturated heterocycles. The Morgan fingerprint density at radius 1 is 1.26 bits per heavy atom. The number of aliphatic hydroxyl groups excluding tert-OH is 1. The maximum absolute atomic E-state index is 13.5. The second-order valence-corrected chi connectivity index (χ2v) is 7.95. The number of amides is 1. The van der Waals surface area contributed by atoms with Gasteiger partial charge in [-0.15, -0.1) is 11.3 Å². The lowest BCUT2D eigenvalue weighted by atomic mass is 10.00. The third-order valence-electron chi connectivity index (χ3n) is 5.08. The van der Waals surface area contributed by atoms with Gasteiger partial charge >= 0.3 is 0 Å². The van der Waals surface area contributed by atoms with Gasteiger partial charge in [-0.2, -0.15) is 0 Å². The summed E-state index contributed by atoms with van der Waals surface area (Å²) in [6, 6.07) is 11.2. The van der Waals surface area contributed by atoms with E-state index in [9.17, 15) is 14.7 Å². The van der Waals surface area contributed by atoms with E-state index in [0.29, 0.717) is 27.4 Å². The molecule has 3 aromatic heterocycles. The highest BCUT2D eigenvalue weighted by Gasteiger charge is 2.47. The first kappa shape index (κ1) is 19.1. The standard InChI is InChI=1S/C22H16N2O6S/c1-11-9-16(23-30-11)24-18(15-7-4-8-31-15)17(20(26)22(24)27)19(25)14-10-12-5-3-6-13(28-2)21(12)29-14/h3-10,18,26H,1-2H3/t18-/m0/s1. The number of thiophene rings is 1. The normalized spacial score (nSPS) is 16.5. The minimum absolute atomic E-state index is 0.00594. The van der Waals surface area contributed by atoms with Crippen LogP contribution in [0.25, 0.3) is 11.0 Å². The van der Waals surface area contributed by atoms with Crippen LogP contribution in [-0.4, -0.2) is 29.1 Å². The third-order valence-corrected chi connectivity index (χ3v) is 6.00. The van der Waals surface area contributed by atoms with Gasteiger partial charge in [0.15, 0.2) is 28.7 Å². The van der Waals surface area contributed by atoms with Gasteiger partial charge in [0.25, 0.3) is 5.91 Å². The number of furan rings is 1. The molecule has 9 heteroatoms. The summed E-state index contributed by atoms with van der Waals surface area (Å²) in [4.78, 5) is 28.4. The predicted molar refractivity (Wildman–Crippen MR) is 113 cm³/mol. The van der Waals surface area contributed by atoms with Crippen molar-refractivity contribution in [2.45, 2.75) is 13.0 Å². The van der Waals surface area contributed by atoms with Gasteiger partial charge in [-0.05, 0) is 30.5 Å². The van der Waals surface area contributed by atoms with Gasteiger partial charge < -0.3 is 18.8 Å². The molecule has 156 valence electrons. The number of carbonyl (C=O) groups is 2. The van der Waals surface area contributed by atoms with E-state index in [4.69, 9.17) is 13.7 Å². The zero-order valence-corrected chi connectivity index (χ0v) is 17.3. The molecule has 0 fully saturated rings. The van der Waals surface area contributed by atoms with E-state index >= 15 is 0 Å². The average Bonchev–Trinajstić information content (AvgIpc) is 3.54. The predicted octanol–water partition coefficient (Wildman–Crippen LogP) is 4.58. The average molecular weight is 436 g/mol. The van der Waals surface area contributed by atoms with Crippen molar-refractivity contribution in [1.29, 1.82) is 0 Å². The minimum atomic E-state index is -0.861. The van der Waals surface area contributed by atoms with Gasteiger partial charge in [-0.1, -0.05) is 23.4 Å². The molecule has 0 bridgehead atoms. The Balaban J connectivity index is 1.64. The zero-order chi connectivity index (χ0) is 21.7. The second-order valence-electron chi connectivity index (χ2n) is 6.97. The number of benzene rings is 1. The van der Waals surface area contributed by atoms with Crippen molar-refractivity contribution in [3.63, 3.8) is 0 Å². The van der Waals surface area contributed by atoms with Crippen molar-refractivity contribution in [3.05, 3.63) is 75.6 Å². The number of aliphatic hydroxyl groups is 1. The fourth-order valence-electron chi connectivity index (χ4n) is 3.70. The Morgan fingerprint density at radius 2 is 2.10 bits per heavy atom. The highest BCUT2D eigenvalue weighted by atomic mass is 32.1. The second kappa shape index (κ2) is 7.13. The lowest BCUT2D eigenvalue weighted by molar-refractivity contribution is -0.117. The van der Waals surface area contributed by atoms with E-state index in [2.05, 4.69) is 5.16 Å². The van der Waals surface area contributed by atoms with Crippen LogP contribution in [-0.2, 0) is 4.79 Å². The molecule has 1 amide bonds. The highest BCUT2D eigenvalue weighted by molar-refractivity contribution is 7.10. The molecule has 1 aliphatic rings. The lowest BCUT2D eigenvalue weighted by Crippen LogP contribution is -2.30. The molecule has 0 unspecified atom stereocenters.